The molecular formula is C16H22N4O. The molecule has 1 heterocycles. The molecule has 0 aliphatic heterocycles. The highest BCUT2D eigenvalue weighted by Crippen LogP contribution is 2.28. The highest BCUT2D eigenvalue weighted by molar-refractivity contribution is 5.66. The van der Waals surface area contributed by atoms with E-state index in [1.165, 1.54) is 0 Å². The molecule has 5 heteroatoms. The Balaban J connectivity index is 2.30. The Labute approximate surface area is 125 Å². The molecule has 0 aliphatic carbocycles. The Bertz CT molecular complexity index is 651. The second-order valence-corrected chi connectivity index (χ2v) is 6.37. The van der Waals surface area contributed by atoms with E-state index in [1.807, 2.05) is 44.1 Å². The average molecular weight is 286 g/mol. The predicted octanol–water partition coefficient (Wildman–Crippen LogP) is 3.56. The lowest BCUT2D eigenvalue weighted by molar-refractivity contribution is 0.399. The fourth-order valence-corrected chi connectivity index (χ4v) is 1.75. The van der Waals surface area contributed by atoms with E-state index in [1.54, 1.807) is 6.34 Å². The molecule has 0 amide bonds. The van der Waals surface area contributed by atoms with E-state index in [0.717, 1.165) is 16.8 Å². The van der Waals surface area contributed by atoms with E-state index in [2.05, 4.69) is 36.0 Å². The van der Waals surface area contributed by atoms with Crippen molar-refractivity contribution in [3.8, 4) is 11.5 Å². The first-order valence-electron chi connectivity index (χ1n) is 6.93. The minimum atomic E-state index is -0.143. The minimum Gasteiger partial charge on any atom is -0.420 e. The van der Waals surface area contributed by atoms with Crippen molar-refractivity contribution in [2.75, 3.05) is 14.1 Å². The number of benzene rings is 1. The zero-order valence-corrected chi connectivity index (χ0v) is 13.5. The van der Waals surface area contributed by atoms with Gasteiger partial charge in [0.15, 0.2) is 0 Å². The summed E-state index contributed by atoms with van der Waals surface area (Å²) in [5.74, 6) is 1.19. The van der Waals surface area contributed by atoms with E-state index in [4.69, 9.17) is 4.42 Å². The number of hydrogen-bond donors (Lipinski definition) is 0. The lowest BCUT2D eigenvalue weighted by Gasteiger charge is -2.11. The van der Waals surface area contributed by atoms with Crippen LogP contribution in [-0.2, 0) is 5.41 Å². The number of hydrogen-bond acceptors (Lipinski definition) is 4. The van der Waals surface area contributed by atoms with Gasteiger partial charge in [-0.15, -0.1) is 10.2 Å². The van der Waals surface area contributed by atoms with Gasteiger partial charge in [0, 0.05) is 25.1 Å². The van der Waals surface area contributed by atoms with Crippen molar-refractivity contribution < 1.29 is 4.42 Å². The summed E-state index contributed by atoms with van der Waals surface area (Å²) in [4.78, 5) is 6.32. The Morgan fingerprint density at radius 3 is 2.43 bits per heavy atom. The third kappa shape index (κ3) is 3.68. The van der Waals surface area contributed by atoms with Crippen LogP contribution >= 0.6 is 0 Å². The molecule has 0 radical (unpaired) electrons. The zero-order chi connectivity index (χ0) is 15.6. The van der Waals surface area contributed by atoms with Crippen molar-refractivity contribution in [3.63, 3.8) is 0 Å². The van der Waals surface area contributed by atoms with Gasteiger partial charge in [0.2, 0.25) is 11.8 Å². The van der Waals surface area contributed by atoms with Crippen molar-refractivity contribution in [2.45, 2.75) is 33.1 Å². The summed E-state index contributed by atoms with van der Waals surface area (Å²) in [6, 6.07) is 5.93. The number of aliphatic imine (C=N–C) groups is 1. The van der Waals surface area contributed by atoms with Crippen LogP contribution in [-0.4, -0.2) is 35.5 Å². The molecule has 0 saturated heterocycles. The number of rotatable bonds is 3. The van der Waals surface area contributed by atoms with Gasteiger partial charge in [-0.2, -0.15) is 0 Å². The van der Waals surface area contributed by atoms with Crippen LogP contribution in [0.1, 0.15) is 32.2 Å². The molecule has 1 aromatic heterocycles. The number of aryl methyl sites for hydroxylation is 1. The molecule has 0 saturated carbocycles. The van der Waals surface area contributed by atoms with E-state index >= 15 is 0 Å². The first-order valence-corrected chi connectivity index (χ1v) is 6.93. The average Bonchev–Trinajstić information content (AvgIpc) is 2.86. The van der Waals surface area contributed by atoms with Crippen LogP contribution < -0.4 is 0 Å². The maximum Gasteiger partial charge on any atom is 0.247 e. The minimum absolute atomic E-state index is 0.143. The zero-order valence-electron chi connectivity index (χ0n) is 13.5. The van der Waals surface area contributed by atoms with Crippen LogP contribution in [0.2, 0.25) is 0 Å². The normalized spacial score (nSPS) is 12.1. The summed E-state index contributed by atoms with van der Waals surface area (Å²) < 4.78 is 5.76. The Hall–Kier alpha value is -2.17. The Morgan fingerprint density at radius 2 is 1.90 bits per heavy atom. The Kier molecular flexibility index (Phi) is 4.11. The quantitative estimate of drug-likeness (QED) is 0.639. The topological polar surface area (TPSA) is 54.5 Å². The van der Waals surface area contributed by atoms with Gasteiger partial charge < -0.3 is 9.32 Å². The summed E-state index contributed by atoms with van der Waals surface area (Å²) in [5.41, 5.74) is 2.78. The van der Waals surface area contributed by atoms with Gasteiger partial charge in [-0.25, -0.2) is 4.99 Å². The van der Waals surface area contributed by atoms with Crippen molar-refractivity contribution in [1.29, 1.82) is 0 Å². The van der Waals surface area contributed by atoms with Crippen molar-refractivity contribution in [3.05, 3.63) is 29.7 Å². The summed E-state index contributed by atoms with van der Waals surface area (Å²) in [5, 5.41) is 8.26. The summed E-state index contributed by atoms with van der Waals surface area (Å²) >= 11 is 0. The number of nitrogens with zero attached hydrogens (tertiary/aromatic N) is 4. The lowest BCUT2D eigenvalue weighted by Crippen LogP contribution is -2.11. The summed E-state index contributed by atoms with van der Waals surface area (Å²) in [7, 11) is 3.89. The largest absolute Gasteiger partial charge is 0.420 e. The van der Waals surface area contributed by atoms with Crippen molar-refractivity contribution in [2.24, 2.45) is 4.99 Å². The molecule has 112 valence electrons. The third-order valence-corrected chi connectivity index (χ3v) is 2.94. The van der Waals surface area contributed by atoms with Crippen molar-refractivity contribution >= 4 is 12.0 Å². The van der Waals surface area contributed by atoms with Crippen molar-refractivity contribution in [1.82, 2.24) is 15.1 Å². The molecule has 1 aromatic carbocycles. The second-order valence-electron chi connectivity index (χ2n) is 6.37. The standard InChI is InChI=1S/C16H22N4O/c1-11-9-12(7-8-13(11)17-10-20(5)6)14-18-19-15(21-14)16(2,3)4/h7-10H,1-6H3/b17-10+. The second kappa shape index (κ2) is 5.68. The Morgan fingerprint density at radius 1 is 1.19 bits per heavy atom. The molecule has 0 fully saturated rings. The SMILES string of the molecule is Cc1cc(-c2nnc(C(C)(C)C)o2)ccc1/N=C/N(C)C. The first kappa shape index (κ1) is 15.2. The predicted molar refractivity (Wildman–Crippen MR) is 85.0 cm³/mol. The van der Waals surface area contributed by atoms with E-state index < -0.39 is 0 Å². The van der Waals surface area contributed by atoms with Gasteiger partial charge in [0.1, 0.15) is 0 Å². The summed E-state index contributed by atoms with van der Waals surface area (Å²) in [6.45, 7) is 8.17. The van der Waals surface area contributed by atoms with Crippen LogP contribution in [0, 0.1) is 6.92 Å². The van der Waals surface area contributed by atoms with Crippen LogP contribution in [0.3, 0.4) is 0 Å². The molecule has 0 atom stereocenters. The highest BCUT2D eigenvalue weighted by atomic mass is 16.4. The van der Waals surface area contributed by atoms with Gasteiger partial charge in [0.05, 0.1) is 12.0 Å². The van der Waals surface area contributed by atoms with E-state index in [0.29, 0.717) is 11.8 Å². The smallest absolute Gasteiger partial charge is 0.247 e. The molecule has 0 unspecified atom stereocenters. The highest BCUT2D eigenvalue weighted by Gasteiger charge is 2.21. The maximum absolute atomic E-state index is 5.76. The van der Waals surface area contributed by atoms with E-state index in [-0.39, 0.29) is 5.41 Å². The maximum atomic E-state index is 5.76. The molecule has 2 rings (SSSR count). The molecule has 5 nitrogen and oxygen atoms in total. The van der Waals surface area contributed by atoms with Gasteiger partial charge in [-0.1, -0.05) is 20.8 Å². The van der Waals surface area contributed by atoms with Gasteiger partial charge in [-0.3, -0.25) is 0 Å². The van der Waals surface area contributed by atoms with Crippen LogP contribution in [0.15, 0.2) is 27.6 Å². The molecular weight excluding hydrogens is 264 g/mol. The van der Waals surface area contributed by atoms with Gasteiger partial charge in [-0.05, 0) is 30.7 Å². The molecule has 0 N–H and O–H groups in total. The molecule has 0 aliphatic rings. The lowest BCUT2D eigenvalue weighted by atomic mass is 9.97. The molecule has 2 aromatic rings. The fraction of sp³-hybridized carbons (Fsp3) is 0.438. The van der Waals surface area contributed by atoms with Crippen LogP contribution in [0.4, 0.5) is 5.69 Å². The fourth-order valence-electron chi connectivity index (χ4n) is 1.75. The molecule has 0 bridgehead atoms. The monoisotopic (exact) mass is 286 g/mol. The molecule has 21 heavy (non-hydrogen) atoms. The van der Waals surface area contributed by atoms with Gasteiger partial charge in [0.25, 0.3) is 0 Å². The number of aromatic nitrogens is 2. The van der Waals surface area contributed by atoms with Crippen LogP contribution in [0.25, 0.3) is 11.5 Å². The summed E-state index contributed by atoms with van der Waals surface area (Å²) in [6.07, 6.45) is 1.78. The molecule has 0 spiro atoms. The van der Waals surface area contributed by atoms with Gasteiger partial charge >= 0.3 is 0 Å². The first-order chi connectivity index (χ1) is 9.77. The van der Waals surface area contributed by atoms with Crippen LogP contribution in [0.5, 0.6) is 0 Å². The third-order valence-electron chi connectivity index (χ3n) is 2.94. The van der Waals surface area contributed by atoms with E-state index in [9.17, 15) is 0 Å².